The number of nitrogens with one attached hydrogen (secondary N) is 1. The van der Waals surface area contributed by atoms with Crippen LogP contribution in [0.15, 0.2) is 47.4 Å². The van der Waals surface area contributed by atoms with Crippen LogP contribution in [0.5, 0.6) is 11.5 Å². The van der Waals surface area contributed by atoms with Crippen molar-refractivity contribution in [2.24, 2.45) is 0 Å². The summed E-state index contributed by atoms with van der Waals surface area (Å²) in [7, 11) is -3.55. The highest BCUT2D eigenvalue weighted by Crippen LogP contribution is 2.31. The predicted octanol–water partition coefficient (Wildman–Crippen LogP) is 4.01. The Morgan fingerprint density at radius 2 is 1.52 bits per heavy atom. The van der Waals surface area contributed by atoms with E-state index in [1.54, 1.807) is 13.8 Å². The van der Waals surface area contributed by atoms with E-state index >= 15 is 0 Å². The Hall–Kier alpha value is -2.58. The van der Waals surface area contributed by atoms with E-state index in [0.717, 1.165) is 5.56 Å². The molecule has 8 heteroatoms. The van der Waals surface area contributed by atoms with Gasteiger partial charge in [0, 0.05) is 18.7 Å². The van der Waals surface area contributed by atoms with Crippen LogP contribution in [0.25, 0.3) is 0 Å². The average molecular weight is 449 g/mol. The van der Waals surface area contributed by atoms with Gasteiger partial charge in [0.15, 0.2) is 11.5 Å². The van der Waals surface area contributed by atoms with Crippen molar-refractivity contribution >= 4 is 15.9 Å². The van der Waals surface area contributed by atoms with Crippen molar-refractivity contribution < 1.29 is 22.7 Å². The van der Waals surface area contributed by atoms with E-state index in [2.05, 4.69) is 5.32 Å². The van der Waals surface area contributed by atoms with Crippen molar-refractivity contribution in [3.05, 3.63) is 53.6 Å². The van der Waals surface area contributed by atoms with Crippen LogP contribution in [0, 0.1) is 0 Å². The van der Waals surface area contributed by atoms with Crippen molar-refractivity contribution in [2.45, 2.75) is 45.6 Å². The van der Waals surface area contributed by atoms with Crippen molar-refractivity contribution in [1.82, 2.24) is 9.62 Å². The van der Waals surface area contributed by atoms with Crippen LogP contribution in [-0.4, -0.2) is 44.9 Å². The van der Waals surface area contributed by atoms with Crippen molar-refractivity contribution in [3.63, 3.8) is 0 Å². The van der Waals surface area contributed by atoms with Gasteiger partial charge in [0.1, 0.15) is 0 Å². The molecule has 1 N–H and O–H groups in total. The fourth-order valence-electron chi connectivity index (χ4n) is 3.19. The zero-order valence-electron chi connectivity index (χ0n) is 18.8. The third-order valence-electron chi connectivity index (χ3n) is 4.87. The summed E-state index contributed by atoms with van der Waals surface area (Å²) in [6, 6.07) is 11.3. The van der Waals surface area contributed by atoms with Crippen molar-refractivity contribution in [2.75, 3.05) is 26.3 Å². The van der Waals surface area contributed by atoms with E-state index < -0.39 is 10.0 Å². The van der Waals surface area contributed by atoms with Crippen LogP contribution in [-0.2, 0) is 10.0 Å². The van der Waals surface area contributed by atoms with Gasteiger partial charge in [-0.1, -0.05) is 19.9 Å². The predicted molar refractivity (Wildman–Crippen MR) is 121 cm³/mol. The summed E-state index contributed by atoms with van der Waals surface area (Å²) in [5, 5.41) is 2.94. The van der Waals surface area contributed by atoms with Gasteiger partial charge in [-0.25, -0.2) is 8.42 Å². The zero-order valence-corrected chi connectivity index (χ0v) is 19.7. The zero-order chi connectivity index (χ0) is 23.0. The fourth-order valence-corrected chi connectivity index (χ4v) is 4.65. The molecule has 0 saturated heterocycles. The Labute approximate surface area is 185 Å². The second-order valence-electron chi connectivity index (χ2n) is 6.88. The van der Waals surface area contributed by atoms with Crippen LogP contribution in [0.4, 0.5) is 0 Å². The first-order valence-corrected chi connectivity index (χ1v) is 12.0. The standard InChI is InChI=1S/C23H32N2O5S/c1-6-25(7-2)31(27,28)20-13-10-18(11-14-20)23(26)24-17(5)19-12-15-21(29-8-3)22(16-19)30-9-4/h10-17H,6-9H2,1-5H3,(H,24,26). The minimum absolute atomic E-state index is 0.175. The largest absolute Gasteiger partial charge is 0.490 e. The molecule has 0 saturated carbocycles. The third kappa shape index (κ3) is 5.98. The summed E-state index contributed by atoms with van der Waals surface area (Å²) in [4.78, 5) is 12.9. The van der Waals surface area contributed by atoms with Gasteiger partial charge in [-0.2, -0.15) is 4.31 Å². The number of hydrogen-bond donors (Lipinski definition) is 1. The monoisotopic (exact) mass is 448 g/mol. The number of amides is 1. The van der Waals surface area contributed by atoms with Crippen molar-refractivity contribution in [3.8, 4) is 11.5 Å². The van der Waals surface area contributed by atoms with E-state index in [4.69, 9.17) is 9.47 Å². The number of nitrogens with zero attached hydrogens (tertiary/aromatic N) is 1. The summed E-state index contributed by atoms with van der Waals surface area (Å²) in [5.74, 6) is 1.01. The molecule has 0 aliphatic rings. The Balaban J connectivity index is 2.15. The third-order valence-corrected chi connectivity index (χ3v) is 6.94. The van der Waals surface area contributed by atoms with Gasteiger partial charge >= 0.3 is 0 Å². The van der Waals surface area contributed by atoms with Gasteiger partial charge in [0.25, 0.3) is 5.91 Å². The summed E-state index contributed by atoms with van der Waals surface area (Å²) in [5.41, 5.74) is 1.27. The second kappa shape index (κ2) is 11.2. The maximum absolute atomic E-state index is 12.7. The molecular formula is C23H32N2O5S. The molecule has 170 valence electrons. The normalized spacial score (nSPS) is 12.5. The molecule has 0 fully saturated rings. The Kier molecular flexibility index (Phi) is 8.88. The number of hydrogen-bond acceptors (Lipinski definition) is 5. The fraction of sp³-hybridized carbons (Fsp3) is 0.435. The van der Waals surface area contributed by atoms with E-state index in [1.165, 1.54) is 28.6 Å². The lowest BCUT2D eigenvalue weighted by molar-refractivity contribution is 0.0939. The molecular weight excluding hydrogens is 416 g/mol. The lowest BCUT2D eigenvalue weighted by Crippen LogP contribution is -2.30. The number of carbonyl (C=O) groups is 1. The first-order chi connectivity index (χ1) is 14.8. The lowest BCUT2D eigenvalue weighted by Gasteiger charge is -2.19. The molecule has 1 atom stereocenters. The van der Waals surface area contributed by atoms with Crippen LogP contribution < -0.4 is 14.8 Å². The molecule has 1 amide bonds. The number of rotatable bonds is 11. The topological polar surface area (TPSA) is 84.9 Å². The molecule has 2 rings (SSSR count). The number of sulfonamides is 1. The highest BCUT2D eigenvalue weighted by Gasteiger charge is 2.22. The van der Waals surface area contributed by atoms with Gasteiger partial charge in [-0.05, 0) is 62.7 Å². The number of ether oxygens (including phenoxy) is 2. The minimum Gasteiger partial charge on any atom is -0.490 e. The summed E-state index contributed by atoms with van der Waals surface area (Å²) in [6.07, 6.45) is 0. The second-order valence-corrected chi connectivity index (χ2v) is 8.82. The molecule has 1 unspecified atom stereocenters. The van der Waals surface area contributed by atoms with Gasteiger partial charge < -0.3 is 14.8 Å². The number of benzene rings is 2. The van der Waals surface area contributed by atoms with E-state index in [0.29, 0.717) is 43.4 Å². The molecule has 2 aromatic carbocycles. The van der Waals surface area contributed by atoms with E-state index in [9.17, 15) is 13.2 Å². The Morgan fingerprint density at radius 3 is 2.06 bits per heavy atom. The Morgan fingerprint density at radius 1 is 0.935 bits per heavy atom. The maximum atomic E-state index is 12.7. The SMILES string of the molecule is CCOc1ccc(C(C)NC(=O)c2ccc(S(=O)(=O)N(CC)CC)cc2)cc1OCC. The smallest absolute Gasteiger partial charge is 0.251 e. The maximum Gasteiger partial charge on any atom is 0.251 e. The molecule has 31 heavy (non-hydrogen) atoms. The van der Waals surface area contributed by atoms with Gasteiger partial charge in [0.05, 0.1) is 24.2 Å². The van der Waals surface area contributed by atoms with E-state index in [-0.39, 0.29) is 16.8 Å². The molecule has 0 radical (unpaired) electrons. The molecule has 0 aliphatic heterocycles. The molecule has 0 bridgehead atoms. The summed E-state index contributed by atoms with van der Waals surface area (Å²) in [6.45, 7) is 11.1. The highest BCUT2D eigenvalue weighted by atomic mass is 32.2. The quantitative estimate of drug-likeness (QED) is 0.562. The lowest BCUT2D eigenvalue weighted by atomic mass is 10.1. The van der Waals surface area contributed by atoms with Crippen LogP contribution in [0.2, 0.25) is 0 Å². The van der Waals surface area contributed by atoms with Gasteiger partial charge in [0.2, 0.25) is 10.0 Å². The molecule has 2 aromatic rings. The minimum atomic E-state index is -3.55. The van der Waals surface area contributed by atoms with Crippen molar-refractivity contribution in [1.29, 1.82) is 0 Å². The summed E-state index contributed by atoms with van der Waals surface area (Å²) < 4.78 is 37.8. The number of carbonyl (C=O) groups excluding carboxylic acids is 1. The molecule has 0 aliphatic carbocycles. The Bertz CT molecular complexity index is 970. The average Bonchev–Trinajstić information content (AvgIpc) is 2.76. The molecule has 0 spiro atoms. The van der Waals surface area contributed by atoms with Crippen LogP contribution >= 0.6 is 0 Å². The summed E-state index contributed by atoms with van der Waals surface area (Å²) >= 11 is 0. The highest BCUT2D eigenvalue weighted by molar-refractivity contribution is 7.89. The first-order valence-electron chi connectivity index (χ1n) is 10.6. The van der Waals surface area contributed by atoms with E-state index in [1.807, 2.05) is 39.0 Å². The van der Waals surface area contributed by atoms with Crippen LogP contribution in [0.3, 0.4) is 0 Å². The first kappa shape index (κ1) is 24.7. The van der Waals surface area contributed by atoms with Crippen LogP contribution in [0.1, 0.15) is 56.6 Å². The molecule has 0 heterocycles. The molecule has 7 nitrogen and oxygen atoms in total. The molecule has 0 aromatic heterocycles. The van der Waals surface area contributed by atoms with Gasteiger partial charge in [-0.3, -0.25) is 4.79 Å². The van der Waals surface area contributed by atoms with Gasteiger partial charge in [-0.15, -0.1) is 0 Å².